The Morgan fingerprint density at radius 3 is 1.54 bits per heavy atom. The average molecular weight is 704 g/mol. The lowest BCUT2D eigenvalue weighted by molar-refractivity contribution is 1.31. The lowest BCUT2D eigenvalue weighted by Gasteiger charge is -2.27. The van der Waals surface area contributed by atoms with Gasteiger partial charge in [-0.15, -0.1) is 11.3 Å². The van der Waals surface area contributed by atoms with Crippen LogP contribution in [0.1, 0.15) is 0 Å². The van der Waals surface area contributed by atoms with Gasteiger partial charge in [-0.25, -0.2) is 0 Å². The van der Waals surface area contributed by atoms with E-state index in [1.165, 1.54) is 91.2 Å². The van der Waals surface area contributed by atoms with E-state index in [4.69, 9.17) is 0 Å². The Hall–Kier alpha value is -6.74. The molecule has 0 aliphatic heterocycles. The van der Waals surface area contributed by atoms with E-state index in [0.29, 0.717) is 0 Å². The molecule has 1 heterocycles. The van der Waals surface area contributed by atoms with Crippen molar-refractivity contribution in [2.24, 2.45) is 0 Å². The number of nitrogens with zero attached hydrogens (tertiary/aromatic N) is 1. The molecule has 0 N–H and O–H groups in total. The number of hydrogen-bond donors (Lipinski definition) is 0. The fourth-order valence-electron chi connectivity index (χ4n) is 8.37. The molecule has 0 saturated heterocycles. The zero-order chi connectivity index (χ0) is 35.6. The van der Waals surface area contributed by atoms with E-state index in [9.17, 15) is 0 Å². The highest BCUT2D eigenvalue weighted by Gasteiger charge is 2.20. The summed E-state index contributed by atoms with van der Waals surface area (Å²) >= 11 is 1.89. The van der Waals surface area contributed by atoms with Crippen LogP contribution in [0.3, 0.4) is 0 Å². The molecule has 0 saturated carbocycles. The Morgan fingerprint density at radius 1 is 0.296 bits per heavy atom. The van der Waals surface area contributed by atoms with Crippen LogP contribution in [-0.4, -0.2) is 0 Å². The summed E-state index contributed by atoms with van der Waals surface area (Å²) in [7, 11) is 0. The minimum Gasteiger partial charge on any atom is -0.309 e. The first-order valence-electron chi connectivity index (χ1n) is 18.5. The Bertz CT molecular complexity index is 3210. The first-order valence-corrected chi connectivity index (χ1v) is 19.3. The number of rotatable bonds is 5. The normalized spacial score (nSPS) is 11.7. The zero-order valence-electron chi connectivity index (χ0n) is 29.4. The standard InChI is InChI=1S/C52H33NS/c1-2-10-35(11-3-1)45-16-8-17-46-47-18-9-19-50(52(47)54-51(45)46)53(42-31-28-39-23-21-37-13-5-7-15-44(37)49(39)33-42)41-29-26-34(27-30-41)40-25-24-38-22-20-36-12-4-6-14-43(36)48(38)32-40/h1-33H. The second kappa shape index (κ2) is 12.4. The molecular weight excluding hydrogens is 671 g/mol. The Labute approximate surface area is 317 Å². The molecule has 11 rings (SSSR count). The average Bonchev–Trinajstić information content (AvgIpc) is 3.64. The van der Waals surface area contributed by atoms with Crippen LogP contribution in [0.15, 0.2) is 200 Å². The third kappa shape index (κ3) is 4.99. The molecule has 11 aromatic rings. The second-order valence-electron chi connectivity index (χ2n) is 14.1. The van der Waals surface area contributed by atoms with Crippen molar-refractivity contribution >= 4 is 91.7 Å². The summed E-state index contributed by atoms with van der Waals surface area (Å²) in [5.74, 6) is 0. The van der Waals surface area contributed by atoms with Gasteiger partial charge in [0.15, 0.2) is 0 Å². The fraction of sp³-hybridized carbons (Fsp3) is 0. The summed E-state index contributed by atoms with van der Waals surface area (Å²) in [4.78, 5) is 2.46. The van der Waals surface area contributed by atoms with E-state index in [2.05, 4.69) is 205 Å². The molecule has 0 unspecified atom stereocenters. The minimum atomic E-state index is 1.12. The third-order valence-electron chi connectivity index (χ3n) is 11.0. The lowest BCUT2D eigenvalue weighted by atomic mass is 9.97. The molecule has 0 spiro atoms. The maximum Gasteiger partial charge on any atom is 0.0640 e. The van der Waals surface area contributed by atoms with Crippen LogP contribution in [0.4, 0.5) is 17.1 Å². The topological polar surface area (TPSA) is 3.24 Å². The van der Waals surface area contributed by atoms with Crippen molar-refractivity contribution in [2.45, 2.75) is 0 Å². The highest BCUT2D eigenvalue weighted by molar-refractivity contribution is 7.27. The van der Waals surface area contributed by atoms with Gasteiger partial charge >= 0.3 is 0 Å². The summed E-state index contributed by atoms with van der Waals surface area (Å²) in [6, 6.07) is 73.5. The molecule has 10 aromatic carbocycles. The zero-order valence-corrected chi connectivity index (χ0v) is 30.2. The number of fused-ring (bicyclic) bond motifs is 9. The summed E-state index contributed by atoms with van der Waals surface area (Å²) in [5, 5.41) is 12.7. The predicted octanol–water partition coefficient (Wildman–Crippen LogP) is 15.5. The molecule has 252 valence electrons. The van der Waals surface area contributed by atoms with Crippen LogP contribution in [0.25, 0.3) is 85.5 Å². The maximum atomic E-state index is 2.46. The van der Waals surface area contributed by atoms with Gasteiger partial charge in [0.05, 0.1) is 10.4 Å². The van der Waals surface area contributed by atoms with Crippen molar-refractivity contribution in [3.8, 4) is 22.3 Å². The summed E-state index contributed by atoms with van der Waals surface area (Å²) in [5.41, 5.74) is 8.37. The van der Waals surface area contributed by atoms with E-state index in [0.717, 1.165) is 11.4 Å². The molecular formula is C52H33NS. The van der Waals surface area contributed by atoms with Crippen LogP contribution in [0, 0.1) is 0 Å². The molecule has 54 heavy (non-hydrogen) atoms. The molecule has 0 atom stereocenters. The monoisotopic (exact) mass is 703 g/mol. The molecule has 0 aliphatic carbocycles. The fourth-order valence-corrected chi connectivity index (χ4v) is 9.71. The van der Waals surface area contributed by atoms with Gasteiger partial charge in [0.25, 0.3) is 0 Å². The first kappa shape index (κ1) is 30.8. The molecule has 0 fully saturated rings. The van der Waals surface area contributed by atoms with Crippen LogP contribution in [0.2, 0.25) is 0 Å². The number of thiophene rings is 1. The van der Waals surface area contributed by atoms with Gasteiger partial charge in [-0.3, -0.25) is 0 Å². The van der Waals surface area contributed by atoms with Gasteiger partial charge < -0.3 is 4.90 Å². The van der Waals surface area contributed by atoms with Crippen molar-refractivity contribution in [1.82, 2.24) is 0 Å². The van der Waals surface area contributed by atoms with E-state index < -0.39 is 0 Å². The Morgan fingerprint density at radius 2 is 0.815 bits per heavy atom. The van der Waals surface area contributed by atoms with E-state index in [1.54, 1.807) is 0 Å². The quantitative estimate of drug-likeness (QED) is 0.161. The van der Waals surface area contributed by atoms with Crippen molar-refractivity contribution in [1.29, 1.82) is 0 Å². The minimum absolute atomic E-state index is 1.12. The second-order valence-corrected chi connectivity index (χ2v) is 15.1. The summed E-state index contributed by atoms with van der Waals surface area (Å²) in [6.07, 6.45) is 0. The van der Waals surface area contributed by atoms with Crippen molar-refractivity contribution in [2.75, 3.05) is 4.90 Å². The van der Waals surface area contributed by atoms with Gasteiger partial charge in [0.1, 0.15) is 0 Å². The third-order valence-corrected chi connectivity index (χ3v) is 12.3. The predicted molar refractivity (Wildman–Crippen MR) is 235 cm³/mol. The van der Waals surface area contributed by atoms with Crippen molar-refractivity contribution < 1.29 is 0 Å². The Kier molecular flexibility index (Phi) is 7.11. The van der Waals surface area contributed by atoms with Crippen LogP contribution in [0.5, 0.6) is 0 Å². The van der Waals surface area contributed by atoms with Gasteiger partial charge in [0, 0.05) is 26.8 Å². The number of benzene rings is 10. The van der Waals surface area contributed by atoms with E-state index >= 15 is 0 Å². The Balaban J connectivity index is 1.11. The molecule has 1 aromatic heterocycles. The molecule has 1 nitrogen and oxygen atoms in total. The van der Waals surface area contributed by atoms with Gasteiger partial charge in [-0.2, -0.15) is 0 Å². The van der Waals surface area contributed by atoms with Gasteiger partial charge in [0.2, 0.25) is 0 Å². The van der Waals surface area contributed by atoms with E-state index in [1.807, 2.05) is 11.3 Å². The molecule has 0 aliphatic rings. The summed E-state index contributed by atoms with van der Waals surface area (Å²) in [6.45, 7) is 0. The summed E-state index contributed by atoms with van der Waals surface area (Å²) < 4.78 is 2.59. The maximum absolute atomic E-state index is 2.46. The van der Waals surface area contributed by atoms with Crippen LogP contribution < -0.4 is 4.90 Å². The van der Waals surface area contributed by atoms with E-state index in [-0.39, 0.29) is 0 Å². The molecule has 0 radical (unpaired) electrons. The number of hydrogen-bond acceptors (Lipinski definition) is 2. The highest BCUT2D eigenvalue weighted by atomic mass is 32.1. The molecule has 0 amide bonds. The highest BCUT2D eigenvalue weighted by Crippen LogP contribution is 2.48. The van der Waals surface area contributed by atoms with Crippen LogP contribution >= 0.6 is 11.3 Å². The van der Waals surface area contributed by atoms with Crippen molar-refractivity contribution in [3.63, 3.8) is 0 Å². The molecule has 0 bridgehead atoms. The number of anilines is 3. The molecule has 2 heteroatoms. The van der Waals surface area contributed by atoms with Crippen molar-refractivity contribution in [3.05, 3.63) is 200 Å². The first-order chi connectivity index (χ1) is 26.8. The van der Waals surface area contributed by atoms with Crippen LogP contribution in [-0.2, 0) is 0 Å². The van der Waals surface area contributed by atoms with Gasteiger partial charge in [-0.05, 0) is 102 Å². The smallest absolute Gasteiger partial charge is 0.0640 e. The van der Waals surface area contributed by atoms with Gasteiger partial charge in [-0.1, -0.05) is 164 Å². The lowest BCUT2D eigenvalue weighted by Crippen LogP contribution is -2.10. The largest absolute Gasteiger partial charge is 0.309 e. The SMILES string of the molecule is c1ccc(-c2cccc3c2sc2c(N(c4ccc(-c5ccc6ccc7ccccc7c6c5)cc4)c4ccc5ccc6ccccc6c5c4)cccc23)cc1.